The second kappa shape index (κ2) is 18.7. The van der Waals surface area contributed by atoms with Gasteiger partial charge in [-0.3, -0.25) is 0 Å². The standard InChI is InChI=1S/2C22H18ClO.C2H6Si.2ClH.Zr/c2*1-13-10-17-11-18(21-9-4-14(2)24-21)12-20(17)22(15(13)3)16-5-7-19(23)8-6-16;1-3-2;;;/h2*4-12H,1-3H3;1-2H3;2*1H;/q2*-1;;;;+2/p-2. The minimum absolute atomic E-state index is 0. The van der Waals surface area contributed by atoms with Crippen molar-refractivity contribution in [3.05, 3.63) is 153 Å². The van der Waals surface area contributed by atoms with Crippen LogP contribution in [0, 0.1) is 41.5 Å². The fourth-order valence-electron chi connectivity index (χ4n) is 6.65. The maximum Gasteiger partial charge on any atom is 0.0896 e. The van der Waals surface area contributed by atoms with Crippen molar-refractivity contribution < 1.29 is 57.0 Å². The Morgan fingerprint density at radius 1 is 0.519 bits per heavy atom. The van der Waals surface area contributed by atoms with Crippen molar-refractivity contribution in [2.75, 3.05) is 0 Å². The molecule has 2 aromatic heterocycles. The Morgan fingerprint density at radius 2 is 0.852 bits per heavy atom. The van der Waals surface area contributed by atoms with Gasteiger partial charge < -0.3 is 33.6 Å². The smallest absolute Gasteiger partial charge is 0.0896 e. The summed E-state index contributed by atoms with van der Waals surface area (Å²) >= 11 is 13.9. The summed E-state index contributed by atoms with van der Waals surface area (Å²) in [5.41, 5.74) is 12.6. The first-order valence-electron chi connectivity index (χ1n) is 17.4. The van der Waals surface area contributed by atoms with Crippen molar-refractivity contribution in [1.82, 2.24) is 0 Å². The molecule has 276 valence electrons. The van der Waals surface area contributed by atoms with Crippen molar-refractivity contribution >= 4 is 50.2 Å². The molecule has 0 N–H and O–H groups in total. The number of rotatable bonds is 4. The summed E-state index contributed by atoms with van der Waals surface area (Å²) in [5.74, 6) is 3.70. The molecule has 0 fully saturated rings. The SMILES string of the molecule is C[Si](C)=[Zr+2].Cc1ccc(-c2cc3c(-c4ccc(Cl)cc4)c(C)c(C)cc3[cH-]2)o1.Cc1ccc(-c2cc3c(-c4ccc(Cl)cc4)c(C)c(C)cc3[cH-]2)o1.[Cl-].[Cl-]. The van der Waals surface area contributed by atoms with Gasteiger partial charge in [-0.15, -0.1) is 57.9 Å². The summed E-state index contributed by atoms with van der Waals surface area (Å²) in [7, 11) is 0. The van der Waals surface area contributed by atoms with E-state index in [1.807, 2.05) is 62.4 Å². The predicted octanol–water partition coefficient (Wildman–Crippen LogP) is 8.92. The largest absolute Gasteiger partial charge is 1.00 e. The van der Waals surface area contributed by atoms with Gasteiger partial charge in [-0.2, -0.15) is 0 Å². The van der Waals surface area contributed by atoms with Gasteiger partial charge in [0.05, 0.1) is 23.0 Å². The van der Waals surface area contributed by atoms with Crippen LogP contribution >= 0.6 is 23.2 Å². The van der Waals surface area contributed by atoms with Crippen LogP contribution in [0.2, 0.25) is 23.1 Å². The monoisotopic (exact) mass is 884 g/mol. The molecule has 0 aliphatic carbocycles. The van der Waals surface area contributed by atoms with E-state index in [1.165, 1.54) is 66.1 Å². The van der Waals surface area contributed by atoms with Gasteiger partial charge in [-0.05, 0) is 112 Å². The fraction of sp³-hybridized carbons (Fsp3) is 0.174. The van der Waals surface area contributed by atoms with Gasteiger partial charge in [0.15, 0.2) is 0 Å². The normalized spacial score (nSPS) is 10.6. The molecule has 0 bridgehead atoms. The maximum atomic E-state index is 6.06. The second-order valence-electron chi connectivity index (χ2n) is 13.7. The first kappa shape index (κ1) is 43.6. The fourth-order valence-corrected chi connectivity index (χ4v) is 6.90. The number of furan rings is 2. The third-order valence-electron chi connectivity index (χ3n) is 9.37. The van der Waals surface area contributed by atoms with E-state index in [0.29, 0.717) is 0 Å². The van der Waals surface area contributed by atoms with E-state index in [-0.39, 0.29) is 30.2 Å². The Balaban J connectivity index is 0.000000212. The number of hydrogen-bond donors (Lipinski definition) is 0. The van der Waals surface area contributed by atoms with Crippen molar-refractivity contribution in [3.63, 3.8) is 0 Å². The average molecular weight is 888 g/mol. The molecule has 2 heterocycles. The summed E-state index contributed by atoms with van der Waals surface area (Å²) in [6, 6.07) is 37.6. The Kier molecular flexibility index (Phi) is 15.1. The topological polar surface area (TPSA) is 26.3 Å². The Morgan fingerprint density at radius 3 is 1.15 bits per heavy atom. The van der Waals surface area contributed by atoms with Gasteiger partial charge in [0, 0.05) is 10.0 Å². The average Bonchev–Trinajstić information content (AvgIpc) is 3.91. The molecule has 0 unspecified atom stereocenters. The van der Waals surface area contributed by atoms with Crippen LogP contribution in [0.3, 0.4) is 0 Å². The number of halogens is 4. The number of aryl methyl sites for hydroxylation is 4. The van der Waals surface area contributed by atoms with Crippen LogP contribution in [-0.4, -0.2) is 5.43 Å². The zero-order chi connectivity index (χ0) is 37.3. The molecule has 0 aliphatic rings. The molecule has 2 nitrogen and oxygen atoms in total. The van der Waals surface area contributed by atoms with Gasteiger partial charge >= 0.3 is 41.9 Å². The minimum atomic E-state index is 0. The number of benzene rings is 4. The van der Waals surface area contributed by atoms with Crippen LogP contribution in [0.4, 0.5) is 0 Å². The Labute approximate surface area is 356 Å². The summed E-state index contributed by atoms with van der Waals surface area (Å²) < 4.78 is 11.6. The van der Waals surface area contributed by atoms with E-state index in [4.69, 9.17) is 32.0 Å². The zero-order valence-corrected chi connectivity index (χ0v) is 38.2. The van der Waals surface area contributed by atoms with Crippen molar-refractivity contribution in [3.8, 4) is 44.9 Å². The van der Waals surface area contributed by atoms with Crippen LogP contribution in [0.1, 0.15) is 33.8 Å². The molecular formula is C46H42Cl4O2SiZr-2. The van der Waals surface area contributed by atoms with Gasteiger partial charge in [-0.1, -0.05) is 80.8 Å². The molecule has 0 saturated heterocycles. The Bertz CT molecular complexity index is 2360. The first-order chi connectivity index (χ1) is 24.8. The van der Waals surface area contributed by atoms with Gasteiger partial charge in [-0.25, -0.2) is 0 Å². The molecule has 0 aliphatic heterocycles. The van der Waals surface area contributed by atoms with Crippen LogP contribution in [0.15, 0.2) is 118 Å². The molecule has 8 rings (SSSR count). The Hall–Kier alpha value is -3.08. The molecule has 6 aromatic carbocycles. The number of fused-ring (bicyclic) bond motifs is 2. The van der Waals surface area contributed by atoms with Gasteiger partial charge in [0.2, 0.25) is 0 Å². The van der Waals surface area contributed by atoms with Crippen LogP contribution in [-0.2, 0) is 23.3 Å². The third-order valence-corrected chi connectivity index (χ3v) is 9.88. The third kappa shape index (κ3) is 9.83. The molecule has 54 heavy (non-hydrogen) atoms. The van der Waals surface area contributed by atoms with E-state index < -0.39 is 0 Å². The van der Waals surface area contributed by atoms with Crippen LogP contribution < -0.4 is 24.8 Å². The van der Waals surface area contributed by atoms with Crippen molar-refractivity contribution in [2.24, 2.45) is 0 Å². The molecule has 8 aromatic rings. The quantitative estimate of drug-likeness (QED) is 0.131. The molecular weight excluding hydrogens is 846 g/mol. The maximum absolute atomic E-state index is 6.06. The molecule has 0 amide bonds. The second-order valence-corrected chi connectivity index (χ2v) is 24.0. The van der Waals surface area contributed by atoms with E-state index in [2.05, 4.69) is 101 Å². The van der Waals surface area contributed by atoms with E-state index >= 15 is 0 Å². The van der Waals surface area contributed by atoms with Crippen molar-refractivity contribution in [1.29, 1.82) is 0 Å². The molecule has 8 heteroatoms. The summed E-state index contributed by atoms with van der Waals surface area (Å²) in [6.45, 7) is 17.3. The van der Waals surface area contributed by atoms with Crippen LogP contribution in [0.5, 0.6) is 0 Å². The van der Waals surface area contributed by atoms with E-state index in [9.17, 15) is 0 Å². The first-order valence-corrected chi connectivity index (χ1v) is 24.3. The molecule has 0 spiro atoms. The molecule has 0 radical (unpaired) electrons. The van der Waals surface area contributed by atoms with E-state index in [0.717, 1.165) is 44.2 Å². The summed E-state index contributed by atoms with van der Waals surface area (Å²) in [5, 5.41) is 6.51. The minimum Gasteiger partial charge on any atom is -1.00 e. The van der Waals surface area contributed by atoms with Crippen molar-refractivity contribution in [2.45, 2.75) is 54.6 Å². The molecule has 0 atom stereocenters. The molecule has 0 saturated carbocycles. The van der Waals surface area contributed by atoms with Gasteiger partial charge in [0.25, 0.3) is 0 Å². The van der Waals surface area contributed by atoms with E-state index in [1.54, 1.807) is 23.3 Å². The van der Waals surface area contributed by atoms with Crippen LogP contribution in [0.25, 0.3) is 66.4 Å². The summed E-state index contributed by atoms with van der Waals surface area (Å²) in [6.07, 6.45) is 0. The zero-order valence-electron chi connectivity index (χ0n) is 31.7. The number of hydrogen-bond acceptors (Lipinski definition) is 2. The van der Waals surface area contributed by atoms with Gasteiger partial charge in [0.1, 0.15) is 0 Å². The predicted molar refractivity (Wildman–Crippen MR) is 221 cm³/mol. The summed E-state index contributed by atoms with van der Waals surface area (Å²) in [4.78, 5) is 0.